The quantitative estimate of drug-likeness (QED) is 0.840. The second-order valence-electron chi connectivity index (χ2n) is 4.59. The monoisotopic (exact) mass is 260 g/mol. The largest absolute Gasteiger partial charge is 0.491 e. The van der Waals surface area contributed by atoms with E-state index in [1.54, 1.807) is 0 Å². The van der Waals surface area contributed by atoms with Crippen LogP contribution in [0.3, 0.4) is 0 Å². The van der Waals surface area contributed by atoms with Gasteiger partial charge in [0.25, 0.3) is 0 Å². The number of aromatic nitrogens is 2. The number of nitrogens with zero attached hydrogens (tertiary/aromatic N) is 1. The number of hydrogen-bond acceptors (Lipinski definition) is 2. The number of para-hydroxylation sites is 1. The molecule has 0 amide bonds. The van der Waals surface area contributed by atoms with Gasteiger partial charge in [-0.15, -0.1) is 0 Å². The topological polar surface area (TPSA) is 29.9 Å². The molecule has 0 saturated heterocycles. The Bertz CT molecular complexity index is 614. The summed E-state index contributed by atoms with van der Waals surface area (Å²) in [5, 5.41) is 0. The van der Waals surface area contributed by atoms with Gasteiger partial charge >= 0.3 is 0 Å². The second-order valence-corrected chi connectivity index (χ2v) is 4.97. The van der Waals surface area contributed by atoms with Crippen molar-refractivity contribution in [1.29, 1.82) is 0 Å². The molecule has 0 saturated carbocycles. The lowest BCUT2D eigenvalue weighted by atomic mass is 10.0. The number of H-pyrrole nitrogens is 1. The van der Waals surface area contributed by atoms with Crippen molar-refractivity contribution < 1.29 is 4.74 Å². The van der Waals surface area contributed by atoms with Gasteiger partial charge in [-0.1, -0.05) is 25.1 Å². The van der Waals surface area contributed by atoms with Gasteiger partial charge in [0.15, 0.2) is 4.77 Å². The standard InChI is InChI=1S/C14H16N2OS/c1-2-11-8-15-14(18)16(11)12-7-10-5-3-4-6-13(10)17-9-12/h3-6,8,12H,2,7,9H2,1H3,(H,15,18). The van der Waals surface area contributed by atoms with Crippen LogP contribution in [-0.2, 0) is 12.8 Å². The molecule has 1 aromatic carbocycles. The molecule has 1 aromatic heterocycles. The van der Waals surface area contributed by atoms with Crippen molar-refractivity contribution in [3.05, 3.63) is 46.5 Å². The summed E-state index contributed by atoms with van der Waals surface area (Å²) in [6.45, 7) is 2.84. The third-order valence-electron chi connectivity index (χ3n) is 3.48. The highest BCUT2D eigenvalue weighted by Crippen LogP contribution is 2.30. The molecule has 0 aliphatic carbocycles. The van der Waals surface area contributed by atoms with Crippen molar-refractivity contribution in [2.75, 3.05) is 6.61 Å². The highest BCUT2D eigenvalue weighted by molar-refractivity contribution is 7.71. The Morgan fingerprint density at radius 2 is 2.28 bits per heavy atom. The van der Waals surface area contributed by atoms with Crippen LogP contribution in [0.1, 0.15) is 24.2 Å². The average molecular weight is 260 g/mol. The highest BCUT2D eigenvalue weighted by atomic mass is 32.1. The SMILES string of the molecule is CCc1c[nH]c(=S)n1C1COc2ccccc2C1. The van der Waals surface area contributed by atoms with Crippen molar-refractivity contribution in [2.24, 2.45) is 0 Å². The van der Waals surface area contributed by atoms with Gasteiger partial charge in [-0.3, -0.25) is 0 Å². The molecule has 1 atom stereocenters. The first-order valence-electron chi connectivity index (χ1n) is 6.29. The number of aromatic amines is 1. The number of nitrogens with one attached hydrogen (secondary N) is 1. The predicted molar refractivity (Wildman–Crippen MR) is 73.7 cm³/mol. The van der Waals surface area contributed by atoms with Crippen LogP contribution in [0.2, 0.25) is 0 Å². The molecule has 0 fully saturated rings. The van der Waals surface area contributed by atoms with Crippen molar-refractivity contribution in [3.8, 4) is 5.75 Å². The smallest absolute Gasteiger partial charge is 0.177 e. The number of hydrogen-bond donors (Lipinski definition) is 1. The van der Waals surface area contributed by atoms with E-state index in [2.05, 4.69) is 28.6 Å². The molecule has 2 heterocycles. The molecule has 1 unspecified atom stereocenters. The van der Waals surface area contributed by atoms with E-state index in [1.165, 1.54) is 11.3 Å². The van der Waals surface area contributed by atoms with Gasteiger partial charge in [0.1, 0.15) is 12.4 Å². The lowest BCUT2D eigenvalue weighted by Crippen LogP contribution is -2.25. The number of benzene rings is 1. The van der Waals surface area contributed by atoms with Crippen molar-refractivity contribution in [3.63, 3.8) is 0 Å². The maximum absolute atomic E-state index is 5.83. The Morgan fingerprint density at radius 3 is 3.11 bits per heavy atom. The molecule has 4 heteroatoms. The zero-order valence-electron chi connectivity index (χ0n) is 10.3. The maximum Gasteiger partial charge on any atom is 0.177 e. The van der Waals surface area contributed by atoms with Gasteiger partial charge in [-0.25, -0.2) is 0 Å². The van der Waals surface area contributed by atoms with Crippen LogP contribution in [0.15, 0.2) is 30.5 Å². The summed E-state index contributed by atoms with van der Waals surface area (Å²) in [7, 11) is 0. The molecule has 1 aliphatic heterocycles. The number of fused-ring (bicyclic) bond motifs is 1. The molecular weight excluding hydrogens is 244 g/mol. The summed E-state index contributed by atoms with van der Waals surface area (Å²) < 4.78 is 8.82. The van der Waals surface area contributed by atoms with Gasteiger partial charge in [0.05, 0.1) is 6.04 Å². The molecule has 0 radical (unpaired) electrons. The van der Waals surface area contributed by atoms with E-state index < -0.39 is 0 Å². The van der Waals surface area contributed by atoms with Gasteiger partial charge < -0.3 is 14.3 Å². The first-order valence-corrected chi connectivity index (χ1v) is 6.70. The van der Waals surface area contributed by atoms with E-state index in [0.29, 0.717) is 12.6 Å². The van der Waals surface area contributed by atoms with Gasteiger partial charge in [0.2, 0.25) is 0 Å². The van der Waals surface area contributed by atoms with Crippen LogP contribution in [0.5, 0.6) is 5.75 Å². The number of rotatable bonds is 2. The number of aryl methyl sites for hydroxylation is 1. The minimum absolute atomic E-state index is 0.300. The summed E-state index contributed by atoms with van der Waals surface area (Å²) >= 11 is 5.37. The van der Waals surface area contributed by atoms with Gasteiger partial charge in [0, 0.05) is 18.3 Å². The third-order valence-corrected chi connectivity index (χ3v) is 3.79. The van der Waals surface area contributed by atoms with Crippen molar-refractivity contribution >= 4 is 12.2 Å². The highest BCUT2D eigenvalue weighted by Gasteiger charge is 2.22. The summed E-state index contributed by atoms with van der Waals surface area (Å²) in [6, 6.07) is 8.53. The molecule has 94 valence electrons. The molecule has 0 bridgehead atoms. The molecular formula is C14H16N2OS. The van der Waals surface area contributed by atoms with Crippen molar-refractivity contribution in [1.82, 2.24) is 9.55 Å². The third kappa shape index (κ3) is 1.86. The van der Waals surface area contributed by atoms with Crippen LogP contribution < -0.4 is 4.74 Å². The Balaban J connectivity index is 1.96. The Kier molecular flexibility index (Phi) is 2.96. The van der Waals surface area contributed by atoms with Gasteiger partial charge in [-0.05, 0) is 30.3 Å². The summed E-state index contributed by atoms with van der Waals surface area (Å²) in [5.74, 6) is 1.01. The van der Waals surface area contributed by atoms with Crippen LogP contribution >= 0.6 is 12.2 Å². The zero-order valence-corrected chi connectivity index (χ0v) is 11.2. The van der Waals surface area contributed by atoms with E-state index in [9.17, 15) is 0 Å². The van der Waals surface area contributed by atoms with Crippen LogP contribution in [-0.4, -0.2) is 16.2 Å². The molecule has 0 spiro atoms. The predicted octanol–water partition coefficient (Wildman–Crippen LogP) is 3.28. The van der Waals surface area contributed by atoms with E-state index in [1.807, 2.05) is 18.3 Å². The number of imidazole rings is 1. The number of ether oxygens (including phenoxy) is 1. The molecule has 1 N–H and O–H groups in total. The molecule has 3 nitrogen and oxygen atoms in total. The average Bonchev–Trinajstić information content (AvgIpc) is 2.79. The minimum Gasteiger partial charge on any atom is -0.491 e. The zero-order chi connectivity index (χ0) is 12.5. The molecule has 2 aromatic rings. The van der Waals surface area contributed by atoms with Crippen molar-refractivity contribution in [2.45, 2.75) is 25.8 Å². The second kappa shape index (κ2) is 4.61. The van der Waals surface area contributed by atoms with E-state index in [-0.39, 0.29) is 0 Å². The first-order chi connectivity index (χ1) is 8.79. The fourth-order valence-corrected chi connectivity index (χ4v) is 2.89. The first kappa shape index (κ1) is 11.5. The van der Waals surface area contributed by atoms with Crippen LogP contribution in [0.4, 0.5) is 0 Å². The fourth-order valence-electron chi connectivity index (χ4n) is 2.57. The summed E-state index contributed by atoms with van der Waals surface area (Å²) in [6.07, 6.45) is 3.96. The van der Waals surface area contributed by atoms with Gasteiger partial charge in [-0.2, -0.15) is 0 Å². The van der Waals surface area contributed by atoms with E-state index >= 15 is 0 Å². The fraction of sp³-hybridized carbons (Fsp3) is 0.357. The Morgan fingerprint density at radius 1 is 1.44 bits per heavy atom. The maximum atomic E-state index is 5.83. The Labute approximate surface area is 111 Å². The van der Waals surface area contributed by atoms with E-state index in [4.69, 9.17) is 17.0 Å². The summed E-state index contributed by atoms with van der Waals surface area (Å²) in [5.41, 5.74) is 2.51. The molecule has 3 rings (SSSR count). The van der Waals surface area contributed by atoms with Crippen LogP contribution in [0.25, 0.3) is 0 Å². The lowest BCUT2D eigenvalue weighted by molar-refractivity contribution is 0.220. The Hall–Kier alpha value is -1.55. The van der Waals surface area contributed by atoms with E-state index in [0.717, 1.165) is 23.4 Å². The molecule has 18 heavy (non-hydrogen) atoms. The minimum atomic E-state index is 0.300. The van der Waals surface area contributed by atoms with Crippen LogP contribution in [0, 0.1) is 4.77 Å². The summed E-state index contributed by atoms with van der Waals surface area (Å²) in [4.78, 5) is 3.13. The molecule has 1 aliphatic rings. The lowest BCUT2D eigenvalue weighted by Gasteiger charge is -2.27. The normalized spacial score (nSPS) is 18.2.